The number of nitrogens with one attached hydrogen (secondary N) is 1. The lowest BCUT2D eigenvalue weighted by Gasteiger charge is -2.06. The maximum Gasteiger partial charge on any atom is 0.194 e. The summed E-state index contributed by atoms with van der Waals surface area (Å²) in [6.07, 6.45) is 1.39. The standard InChI is InChI=1S/C11H8F3N3/c12-8-3-7(4-9(13)11(8)14)17-10-2-1-6(15)5-16-10/h1-5H,15H2,(H,16,17). The van der Waals surface area contributed by atoms with Gasteiger partial charge in [0, 0.05) is 17.8 Å². The van der Waals surface area contributed by atoms with E-state index in [4.69, 9.17) is 5.73 Å². The number of anilines is 3. The second-order valence-electron chi connectivity index (χ2n) is 3.36. The molecule has 0 spiro atoms. The van der Waals surface area contributed by atoms with Gasteiger partial charge >= 0.3 is 0 Å². The van der Waals surface area contributed by atoms with Crippen LogP contribution in [0.25, 0.3) is 0 Å². The average molecular weight is 239 g/mol. The van der Waals surface area contributed by atoms with Crippen molar-refractivity contribution in [2.75, 3.05) is 11.1 Å². The van der Waals surface area contributed by atoms with Gasteiger partial charge in [-0.25, -0.2) is 18.2 Å². The highest BCUT2D eigenvalue weighted by atomic mass is 19.2. The summed E-state index contributed by atoms with van der Waals surface area (Å²) in [7, 11) is 0. The third-order valence-electron chi connectivity index (χ3n) is 2.04. The van der Waals surface area contributed by atoms with Gasteiger partial charge in [-0.2, -0.15) is 0 Å². The van der Waals surface area contributed by atoms with Gasteiger partial charge in [0.05, 0.1) is 11.9 Å². The highest BCUT2D eigenvalue weighted by Gasteiger charge is 2.10. The van der Waals surface area contributed by atoms with Gasteiger partial charge < -0.3 is 11.1 Å². The number of halogens is 3. The molecule has 0 saturated heterocycles. The number of hydrogen-bond acceptors (Lipinski definition) is 3. The van der Waals surface area contributed by atoms with Gasteiger partial charge in [0.25, 0.3) is 0 Å². The van der Waals surface area contributed by atoms with Crippen molar-refractivity contribution in [1.82, 2.24) is 4.98 Å². The highest BCUT2D eigenvalue weighted by molar-refractivity contribution is 5.57. The molecular formula is C11H8F3N3. The molecule has 6 heteroatoms. The number of nitrogens with two attached hydrogens (primary N) is 1. The van der Waals surface area contributed by atoms with Crippen molar-refractivity contribution in [1.29, 1.82) is 0 Å². The minimum atomic E-state index is -1.50. The summed E-state index contributed by atoms with van der Waals surface area (Å²) < 4.78 is 38.5. The van der Waals surface area contributed by atoms with Crippen LogP contribution in [-0.2, 0) is 0 Å². The van der Waals surface area contributed by atoms with E-state index in [9.17, 15) is 13.2 Å². The van der Waals surface area contributed by atoms with E-state index in [1.54, 1.807) is 6.07 Å². The monoisotopic (exact) mass is 239 g/mol. The van der Waals surface area contributed by atoms with Gasteiger partial charge in [0.2, 0.25) is 0 Å². The number of aromatic nitrogens is 1. The summed E-state index contributed by atoms with van der Waals surface area (Å²) in [6, 6.07) is 4.80. The van der Waals surface area contributed by atoms with Crippen molar-refractivity contribution in [3.8, 4) is 0 Å². The smallest absolute Gasteiger partial charge is 0.194 e. The molecule has 17 heavy (non-hydrogen) atoms. The van der Waals surface area contributed by atoms with Crippen LogP contribution < -0.4 is 11.1 Å². The van der Waals surface area contributed by atoms with Crippen LogP contribution in [0.3, 0.4) is 0 Å². The number of benzene rings is 1. The normalized spacial score (nSPS) is 10.3. The molecule has 0 atom stereocenters. The van der Waals surface area contributed by atoms with Crippen molar-refractivity contribution in [3.63, 3.8) is 0 Å². The Morgan fingerprint density at radius 3 is 2.24 bits per heavy atom. The Bertz CT molecular complexity index is 517. The van der Waals surface area contributed by atoms with Crippen molar-refractivity contribution >= 4 is 17.2 Å². The first-order valence-electron chi connectivity index (χ1n) is 4.69. The predicted octanol–water partition coefficient (Wildman–Crippen LogP) is 2.82. The van der Waals surface area contributed by atoms with E-state index in [2.05, 4.69) is 10.3 Å². The summed E-state index contributed by atoms with van der Waals surface area (Å²) in [4.78, 5) is 3.88. The molecule has 0 amide bonds. The predicted molar refractivity (Wildman–Crippen MR) is 58.2 cm³/mol. The zero-order chi connectivity index (χ0) is 12.4. The molecule has 0 unspecified atom stereocenters. The molecule has 3 N–H and O–H groups in total. The molecule has 3 nitrogen and oxygen atoms in total. The highest BCUT2D eigenvalue weighted by Crippen LogP contribution is 2.20. The molecule has 0 bridgehead atoms. The molecule has 0 aliphatic rings. The number of nitrogen functional groups attached to an aromatic ring is 1. The van der Waals surface area contributed by atoms with Crippen LogP contribution in [0.1, 0.15) is 0 Å². The summed E-state index contributed by atoms with van der Waals surface area (Å²) in [5, 5.41) is 2.63. The zero-order valence-electron chi connectivity index (χ0n) is 8.55. The number of rotatable bonds is 2. The Labute approximate surface area is 95.1 Å². The number of pyridine rings is 1. The van der Waals surface area contributed by atoms with Gasteiger partial charge in [-0.05, 0) is 12.1 Å². The quantitative estimate of drug-likeness (QED) is 0.792. The largest absolute Gasteiger partial charge is 0.397 e. The Kier molecular flexibility index (Phi) is 2.86. The van der Waals surface area contributed by atoms with Crippen LogP contribution in [0, 0.1) is 17.5 Å². The first-order valence-corrected chi connectivity index (χ1v) is 4.69. The fraction of sp³-hybridized carbons (Fsp3) is 0. The lowest BCUT2D eigenvalue weighted by atomic mass is 10.3. The minimum absolute atomic E-state index is 0.0682. The third-order valence-corrected chi connectivity index (χ3v) is 2.04. The zero-order valence-corrected chi connectivity index (χ0v) is 8.55. The van der Waals surface area contributed by atoms with E-state index in [0.717, 1.165) is 12.1 Å². The van der Waals surface area contributed by atoms with E-state index in [1.165, 1.54) is 12.3 Å². The fourth-order valence-corrected chi connectivity index (χ4v) is 1.25. The molecule has 1 heterocycles. The number of hydrogen-bond donors (Lipinski definition) is 2. The van der Waals surface area contributed by atoms with Crippen LogP contribution in [-0.4, -0.2) is 4.98 Å². The van der Waals surface area contributed by atoms with Crippen molar-refractivity contribution in [2.24, 2.45) is 0 Å². The van der Waals surface area contributed by atoms with Crippen molar-refractivity contribution in [2.45, 2.75) is 0 Å². The summed E-state index contributed by atoms with van der Waals surface area (Å²) in [5.41, 5.74) is 5.96. The lowest BCUT2D eigenvalue weighted by molar-refractivity contribution is 0.448. The van der Waals surface area contributed by atoms with E-state index >= 15 is 0 Å². The summed E-state index contributed by atoms with van der Waals surface area (Å²) in [5.74, 6) is -3.67. The first kappa shape index (κ1) is 11.3. The Morgan fingerprint density at radius 2 is 1.71 bits per heavy atom. The van der Waals surface area contributed by atoms with E-state index in [1.807, 2.05) is 0 Å². The van der Waals surface area contributed by atoms with Gasteiger partial charge in [-0.1, -0.05) is 0 Å². The van der Waals surface area contributed by atoms with E-state index < -0.39 is 17.5 Å². The Balaban J connectivity index is 2.27. The van der Waals surface area contributed by atoms with E-state index in [-0.39, 0.29) is 5.69 Å². The van der Waals surface area contributed by atoms with Crippen LogP contribution in [0.5, 0.6) is 0 Å². The maximum atomic E-state index is 12.9. The number of nitrogens with zero attached hydrogens (tertiary/aromatic N) is 1. The van der Waals surface area contributed by atoms with Crippen molar-refractivity contribution < 1.29 is 13.2 Å². The molecule has 0 radical (unpaired) electrons. The molecule has 1 aromatic carbocycles. The average Bonchev–Trinajstić information content (AvgIpc) is 2.29. The molecule has 88 valence electrons. The van der Waals surface area contributed by atoms with E-state index in [0.29, 0.717) is 11.5 Å². The van der Waals surface area contributed by atoms with Crippen LogP contribution in [0.2, 0.25) is 0 Å². The van der Waals surface area contributed by atoms with Crippen LogP contribution >= 0.6 is 0 Å². The van der Waals surface area contributed by atoms with Crippen LogP contribution in [0.15, 0.2) is 30.5 Å². The molecule has 1 aromatic heterocycles. The second-order valence-corrected chi connectivity index (χ2v) is 3.36. The lowest BCUT2D eigenvalue weighted by Crippen LogP contribution is -1.98. The summed E-state index contributed by atoms with van der Waals surface area (Å²) in [6.45, 7) is 0. The molecule has 0 fully saturated rings. The molecule has 2 aromatic rings. The van der Waals surface area contributed by atoms with Gasteiger partial charge in [0.15, 0.2) is 17.5 Å². The molecule has 0 saturated carbocycles. The SMILES string of the molecule is Nc1ccc(Nc2cc(F)c(F)c(F)c2)nc1. The molecule has 2 rings (SSSR count). The van der Waals surface area contributed by atoms with Gasteiger partial charge in [0.1, 0.15) is 5.82 Å². The van der Waals surface area contributed by atoms with Crippen LogP contribution in [0.4, 0.5) is 30.4 Å². The third kappa shape index (κ3) is 2.47. The topological polar surface area (TPSA) is 50.9 Å². The Morgan fingerprint density at radius 1 is 1.06 bits per heavy atom. The second kappa shape index (κ2) is 4.32. The molecule has 0 aliphatic heterocycles. The first-order chi connectivity index (χ1) is 8.06. The Hall–Kier alpha value is -2.24. The van der Waals surface area contributed by atoms with Gasteiger partial charge in [-0.3, -0.25) is 0 Å². The van der Waals surface area contributed by atoms with Crippen molar-refractivity contribution in [3.05, 3.63) is 47.9 Å². The molecular weight excluding hydrogens is 231 g/mol. The maximum absolute atomic E-state index is 12.9. The fourth-order valence-electron chi connectivity index (χ4n) is 1.25. The minimum Gasteiger partial charge on any atom is -0.397 e. The summed E-state index contributed by atoms with van der Waals surface area (Å²) >= 11 is 0. The molecule has 0 aliphatic carbocycles. The van der Waals surface area contributed by atoms with Gasteiger partial charge in [-0.15, -0.1) is 0 Å².